The lowest BCUT2D eigenvalue weighted by molar-refractivity contribution is 0.628. The molecule has 5 heteroatoms. The molecule has 0 fully saturated rings. The van der Waals surface area contributed by atoms with Crippen molar-refractivity contribution >= 4 is 5.82 Å². The molecule has 1 aliphatic rings. The van der Waals surface area contributed by atoms with Crippen molar-refractivity contribution in [2.45, 2.75) is 25.7 Å². The zero-order valence-corrected chi connectivity index (χ0v) is 10.5. The van der Waals surface area contributed by atoms with Crippen molar-refractivity contribution < 1.29 is 4.39 Å². The molecule has 1 aromatic carbocycles. The lowest BCUT2D eigenvalue weighted by Gasteiger charge is -2.18. The second-order valence-corrected chi connectivity index (χ2v) is 4.68. The molecule has 1 aliphatic carbocycles. The first kappa shape index (κ1) is 12.0. The summed E-state index contributed by atoms with van der Waals surface area (Å²) >= 11 is 0. The van der Waals surface area contributed by atoms with Gasteiger partial charge in [0.05, 0.1) is 0 Å². The first-order valence-corrected chi connectivity index (χ1v) is 6.40. The molecule has 0 saturated heterocycles. The van der Waals surface area contributed by atoms with E-state index in [1.54, 1.807) is 12.1 Å². The van der Waals surface area contributed by atoms with Crippen LogP contribution in [0.15, 0.2) is 24.3 Å². The molecule has 1 heterocycles. The second kappa shape index (κ2) is 4.93. The van der Waals surface area contributed by atoms with Crippen LogP contribution in [-0.2, 0) is 12.8 Å². The van der Waals surface area contributed by atoms with Crippen LogP contribution in [-0.4, -0.2) is 9.97 Å². The molecule has 1 aromatic heterocycles. The van der Waals surface area contributed by atoms with Gasteiger partial charge in [-0.05, 0) is 37.8 Å². The monoisotopic (exact) mass is 258 g/mol. The predicted molar refractivity (Wildman–Crippen MR) is 71.9 cm³/mol. The maximum absolute atomic E-state index is 13.3. The molecule has 0 atom stereocenters. The highest BCUT2D eigenvalue weighted by Crippen LogP contribution is 2.28. The van der Waals surface area contributed by atoms with E-state index in [-0.39, 0.29) is 5.82 Å². The predicted octanol–water partition coefficient (Wildman–Crippen LogP) is 2.45. The number of hydrazine groups is 1. The molecule has 0 bridgehead atoms. The van der Waals surface area contributed by atoms with Crippen molar-refractivity contribution in [3.63, 3.8) is 0 Å². The minimum absolute atomic E-state index is 0.291. The summed E-state index contributed by atoms with van der Waals surface area (Å²) < 4.78 is 13.3. The Hall–Kier alpha value is -2.01. The third-order valence-corrected chi connectivity index (χ3v) is 3.40. The van der Waals surface area contributed by atoms with Crippen LogP contribution in [0.5, 0.6) is 0 Å². The highest BCUT2D eigenvalue weighted by Gasteiger charge is 2.18. The maximum atomic E-state index is 13.3. The molecule has 4 nitrogen and oxygen atoms in total. The van der Waals surface area contributed by atoms with Crippen LogP contribution >= 0.6 is 0 Å². The van der Waals surface area contributed by atoms with Crippen LogP contribution < -0.4 is 11.3 Å². The summed E-state index contributed by atoms with van der Waals surface area (Å²) in [5.74, 6) is 6.42. The molecule has 3 rings (SSSR count). The molecular formula is C14H15FN4. The summed E-state index contributed by atoms with van der Waals surface area (Å²) in [5.41, 5.74) is 5.42. The second-order valence-electron chi connectivity index (χ2n) is 4.68. The summed E-state index contributed by atoms with van der Waals surface area (Å²) in [7, 11) is 0. The molecule has 98 valence electrons. The number of hydrogen-bond donors (Lipinski definition) is 2. The highest BCUT2D eigenvalue weighted by atomic mass is 19.1. The Balaban J connectivity index is 2.12. The number of halogens is 1. The summed E-state index contributed by atoms with van der Waals surface area (Å²) in [6.07, 6.45) is 4.12. The molecule has 2 aromatic rings. The first-order valence-electron chi connectivity index (χ1n) is 6.40. The van der Waals surface area contributed by atoms with E-state index in [0.717, 1.165) is 36.9 Å². The molecule has 0 saturated carbocycles. The van der Waals surface area contributed by atoms with Gasteiger partial charge in [0.1, 0.15) is 11.6 Å². The van der Waals surface area contributed by atoms with E-state index in [1.807, 2.05) is 0 Å². The zero-order chi connectivity index (χ0) is 13.2. The fraction of sp³-hybridized carbons (Fsp3) is 0.286. The number of aromatic nitrogens is 2. The van der Waals surface area contributed by atoms with Gasteiger partial charge in [0.25, 0.3) is 0 Å². The Kier molecular flexibility index (Phi) is 3.13. The van der Waals surface area contributed by atoms with Crippen LogP contribution in [0, 0.1) is 5.82 Å². The lowest BCUT2D eigenvalue weighted by Crippen LogP contribution is -2.17. The largest absolute Gasteiger partial charge is 0.308 e. The van der Waals surface area contributed by atoms with Gasteiger partial charge in [-0.1, -0.05) is 12.1 Å². The number of aryl methyl sites for hydroxylation is 1. The van der Waals surface area contributed by atoms with Crippen LogP contribution in [0.3, 0.4) is 0 Å². The number of hydrogen-bond acceptors (Lipinski definition) is 4. The fourth-order valence-corrected chi connectivity index (χ4v) is 2.47. The van der Waals surface area contributed by atoms with E-state index in [2.05, 4.69) is 15.4 Å². The summed E-state index contributed by atoms with van der Waals surface area (Å²) in [6.45, 7) is 0. The smallest absolute Gasteiger partial charge is 0.161 e. The minimum Gasteiger partial charge on any atom is -0.308 e. The molecular weight excluding hydrogens is 243 g/mol. The first-order chi connectivity index (χ1) is 9.28. The molecule has 0 radical (unpaired) electrons. The number of fused-ring (bicyclic) bond motifs is 1. The molecule has 0 unspecified atom stereocenters. The van der Waals surface area contributed by atoms with Gasteiger partial charge in [-0.25, -0.2) is 20.2 Å². The number of benzene rings is 1. The normalized spacial score (nSPS) is 14.0. The average molecular weight is 258 g/mol. The molecule has 0 amide bonds. The van der Waals surface area contributed by atoms with Gasteiger partial charge in [-0.15, -0.1) is 0 Å². The van der Waals surface area contributed by atoms with E-state index in [9.17, 15) is 4.39 Å². The average Bonchev–Trinajstić information content (AvgIpc) is 2.46. The summed E-state index contributed by atoms with van der Waals surface area (Å²) in [6, 6.07) is 6.30. The number of nitrogen functional groups attached to an aromatic ring is 1. The number of rotatable bonds is 2. The van der Waals surface area contributed by atoms with Crippen molar-refractivity contribution in [3.8, 4) is 11.4 Å². The van der Waals surface area contributed by atoms with Crippen LogP contribution in [0.2, 0.25) is 0 Å². The number of anilines is 1. The van der Waals surface area contributed by atoms with Crippen molar-refractivity contribution in [2.24, 2.45) is 5.84 Å². The van der Waals surface area contributed by atoms with E-state index < -0.39 is 0 Å². The van der Waals surface area contributed by atoms with E-state index in [1.165, 1.54) is 12.1 Å². The number of nitrogens with two attached hydrogens (primary N) is 1. The van der Waals surface area contributed by atoms with Gasteiger partial charge >= 0.3 is 0 Å². The standard InChI is InChI=1S/C14H15FN4/c15-10-5-3-4-9(8-10)13-17-12-7-2-1-6-11(12)14(18-13)19-16/h3-5,8H,1-2,6-7,16H2,(H,17,18,19). The van der Waals surface area contributed by atoms with Crippen molar-refractivity contribution in [2.75, 3.05) is 5.43 Å². The van der Waals surface area contributed by atoms with Crippen molar-refractivity contribution in [1.82, 2.24) is 9.97 Å². The van der Waals surface area contributed by atoms with Gasteiger partial charge in [0.15, 0.2) is 5.82 Å². The maximum Gasteiger partial charge on any atom is 0.161 e. The molecule has 0 aliphatic heterocycles. The van der Waals surface area contributed by atoms with E-state index in [0.29, 0.717) is 17.2 Å². The van der Waals surface area contributed by atoms with Gasteiger partial charge in [0, 0.05) is 16.8 Å². The quantitative estimate of drug-likeness (QED) is 0.641. The third kappa shape index (κ3) is 2.29. The van der Waals surface area contributed by atoms with Gasteiger partial charge in [0.2, 0.25) is 0 Å². The Morgan fingerprint density at radius 1 is 1.16 bits per heavy atom. The fourth-order valence-electron chi connectivity index (χ4n) is 2.47. The van der Waals surface area contributed by atoms with Gasteiger partial charge in [-0.3, -0.25) is 0 Å². The highest BCUT2D eigenvalue weighted by molar-refractivity contribution is 5.60. The number of nitrogens with zero attached hydrogens (tertiary/aromatic N) is 2. The molecule has 3 N–H and O–H groups in total. The third-order valence-electron chi connectivity index (χ3n) is 3.40. The summed E-state index contributed by atoms with van der Waals surface area (Å²) in [5, 5.41) is 0. The lowest BCUT2D eigenvalue weighted by atomic mass is 9.96. The van der Waals surface area contributed by atoms with Crippen molar-refractivity contribution in [1.29, 1.82) is 0 Å². The number of nitrogens with one attached hydrogen (secondary N) is 1. The molecule has 0 spiro atoms. The SMILES string of the molecule is NNc1nc(-c2cccc(F)c2)nc2c1CCCC2. The van der Waals surface area contributed by atoms with Crippen LogP contribution in [0.1, 0.15) is 24.1 Å². The Morgan fingerprint density at radius 3 is 2.79 bits per heavy atom. The summed E-state index contributed by atoms with van der Waals surface area (Å²) in [4.78, 5) is 8.96. The Bertz CT molecular complexity index is 595. The van der Waals surface area contributed by atoms with Crippen LogP contribution in [0.4, 0.5) is 10.2 Å². The molecule has 19 heavy (non-hydrogen) atoms. The van der Waals surface area contributed by atoms with Gasteiger partial charge < -0.3 is 5.43 Å². The van der Waals surface area contributed by atoms with Crippen LogP contribution in [0.25, 0.3) is 11.4 Å². The Labute approximate surface area is 110 Å². The Morgan fingerprint density at radius 2 is 2.00 bits per heavy atom. The van der Waals surface area contributed by atoms with E-state index in [4.69, 9.17) is 5.84 Å². The minimum atomic E-state index is -0.291. The van der Waals surface area contributed by atoms with Crippen molar-refractivity contribution in [3.05, 3.63) is 41.3 Å². The topological polar surface area (TPSA) is 63.8 Å². The van der Waals surface area contributed by atoms with Gasteiger partial charge in [-0.2, -0.15) is 0 Å². The van der Waals surface area contributed by atoms with E-state index >= 15 is 0 Å². The zero-order valence-electron chi connectivity index (χ0n) is 10.5.